The molecule has 0 amide bonds. The van der Waals surface area contributed by atoms with Gasteiger partial charge in [-0.15, -0.1) is 11.3 Å². The van der Waals surface area contributed by atoms with Crippen molar-refractivity contribution in [2.75, 3.05) is 4.90 Å². The van der Waals surface area contributed by atoms with Crippen LogP contribution in [0.1, 0.15) is 50.5 Å². The van der Waals surface area contributed by atoms with E-state index in [4.69, 9.17) is 4.98 Å². The van der Waals surface area contributed by atoms with Gasteiger partial charge in [-0.3, -0.25) is 0 Å². The fraction of sp³-hybridized carbons (Fsp3) is 0.500. The van der Waals surface area contributed by atoms with Gasteiger partial charge in [0.15, 0.2) is 0 Å². The molecule has 3 aliphatic rings. The molecule has 1 aromatic carbocycles. The van der Waals surface area contributed by atoms with Gasteiger partial charge in [0.25, 0.3) is 0 Å². The van der Waals surface area contributed by atoms with Gasteiger partial charge >= 0.3 is 0 Å². The Kier molecular flexibility index (Phi) is 4.35. The molecular formula is C24H28N4S. The molecule has 1 saturated carbocycles. The van der Waals surface area contributed by atoms with Crippen molar-refractivity contribution in [3.63, 3.8) is 0 Å². The minimum Gasteiger partial charge on any atom is -0.350 e. The van der Waals surface area contributed by atoms with Crippen LogP contribution in [0.15, 0.2) is 36.0 Å². The lowest BCUT2D eigenvalue weighted by atomic mass is 9.89. The number of rotatable bonds is 4. The predicted octanol–water partition coefficient (Wildman–Crippen LogP) is 5.31. The van der Waals surface area contributed by atoms with Crippen molar-refractivity contribution in [1.29, 1.82) is 0 Å². The predicted molar refractivity (Wildman–Crippen MR) is 121 cm³/mol. The summed E-state index contributed by atoms with van der Waals surface area (Å²) >= 11 is 1.75. The SMILES string of the molecule is Cc1ccccc1-c1csc2ncnc(N3C4CCC3CC(NC3CCC3)C4)c12. The molecule has 2 saturated heterocycles. The number of benzene rings is 1. The number of aryl methyl sites for hydroxylation is 1. The maximum absolute atomic E-state index is 4.87. The highest BCUT2D eigenvalue weighted by atomic mass is 32.1. The van der Waals surface area contributed by atoms with Gasteiger partial charge in [-0.2, -0.15) is 0 Å². The summed E-state index contributed by atoms with van der Waals surface area (Å²) in [6.45, 7) is 2.20. The first-order valence-electron chi connectivity index (χ1n) is 11.1. The van der Waals surface area contributed by atoms with E-state index in [9.17, 15) is 0 Å². The molecule has 1 N–H and O–H groups in total. The van der Waals surface area contributed by atoms with Gasteiger partial charge in [0.2, 0.25) is 0 Å². The molecule has 2 aliphatic heterocycles. The van der Waals surface area contributed by atoms with E-state index in [1.165, 1.54) is 72.8 Å². The first kappa shape index (κ1) is 17.8. The van der Waals surface area contributed by atoms with Crippen LogP contribution in [0.4, 0.5) is 5.82 Å². The zero-order valence-electron chi connectivity index (χ0n) is 17.0. The number of fused-ring (bicyclic) bond motifs is 3. The van der Waals surface area contributed by atoms with Crippen LogP contribution in [-0.2, 0) is 0 Å². The number of hydrogen-bond donors (Lipinski definition) is 1. The minimum absolute atomic E-state index is 0.606. The number of nitrogens with zero attached hydrogens (tertiary/aromatic N) is 3. The van der Waals surface area contributed by atoms with E-state index in [2.05, 4.69) is 51.8 Å². The van der Waals surface area contributed by atoms with Crippen LogP contribution in [0.5, 0.6) is 0 Å². The number of thiophene rings is 1. The van der Waals surface area contributed by atoms with Crippen molar-refractivity contribution in [2.45, 2.75) is 76.0 Å². The molecule has 2 aromatic heterocycles. The Morgan fingerprint density at radius 1 is 0.966 bits per heavy atom. The Morgan fingerprint density at radius 3 is 2.48 bits per heavy atom. The number of piperidine rings is 1. The molecule has 2 atom stereocenters. The van der Waals surface area contributed by atoms with E-state index in [-0.39, 0.29) is 0 Å². The summed E-state index contributed by atoms with van der Waals surface area (Å²) in [5, 5.41) is 7.48. The molecule has 0 spiro atoms. The van der Waals surface area contributed by atoms with Crippen molar-refractivity contribution in [1.82, 2.24) is 15.3 Å². The second-order valence-corrected chi connectivity index (χ2v) is 9.95. The highest BCUT2D eigenvalue weighted by Gasteiger charge is 2.43. The fourth-order valence-corrected chi connectivity index (χ4v) is 6.60. The van der Waals surface area contributed by atoms with Crippen LogP contribution >= 0.6 is 11.3 Å². The van der Waals surface area contributed by atoms with Gasteiger partial charge < -0.3 is 10.2 Å². The highest BCUT2D eigenvalue weighted by Crippen LogP contribution is 2.45. The average molecular weight is 405 g/mol. The molecule has 5 heteroatoms. The lowest BCUT2D eigenvalue weighted by Crippen LogP contribution is -2.52. The molecule has 3 fully saturated rings. The number of hydrogen-bond acceptors (Lipinski definition) is 5. The second-order valence-electron chi connectivity index (χ2n) is 9.10. The van der Waals surface area contributed by atoms with Gasteiger partial charge in [-0.25, -0.2) is 9.97 Å². The molecule has 4 heterocycles. The third-order valence-electron chi connectivity index (χ3n) is 7.34. The highest BCUT2D eigenvalue weighted by molar-refractivity contribution is 7.17. The first-order valence-corrected chi connectivity index (χ1v) is 12.0. The topological polar surface area (TPSA) is 41.1 Å². The monoisotopic (exact) mass is 404 g/mol. The van der Waals surface area contributed by atoms with Gasteiger partial charge in [0.1, 0.15) is 17.0 Å². The van der Waals surface area contributed by atoms with Gasteiger partial charge in [0, 0.05) is 35.1 Å². The quantitative estimate of drug-likeness (QED) is 0.640. The molecular weight excluding hydrogens is 376 g/mol. The molecule has 4 nitrogen and oxygen atoms in total. The van der Waals surface area contributed by atoms with Gasteiger partial charge in [-0.1, -0.05) is 30.7 Å². The van der Waals surface area contributed by atoms with Crippen LogP contribution in [0.2, 0.25) is 0 Å². The van der Waals surface area contributed by atoms with E-state index in [1.54, 1.807) is 17.7 Å². The molecule has 150 valence electrons. The summed E-state index contributed by atoms with van der Waals surface area (Å²) in [5.41, 5.74) is 3.92. The summed E-state index contributed by atoms with van der Waals surface area (Å²) < 4.78 is 0. The lowest BCUT2D eigenvalue weighted by molar-refractivity contribution is 0.260. The zero-order chi connectivity index (χ0) is 19.4. The Hall–Kier alpha value is -1.98. The van der Waals surface area contributed by atoms with E-state index in [1.807, 2.05) is 0 Å². The third kappa shape index (κ3) is 2.98. The van der Waals surface area contributed by atoms with E-state index >= 15 is 0 Å². The van der Waals surface area contributed by atoms with Crippen LogP contribution in [-0.4, -0.2) is 34.1 Å². The van der Waals surface area contributed by atoms with Crippen molar-refractivity contribution in [3.05, 3.63) is 41.5 Å². The minimum atomic E-state index is 0.606. The molecule has 2 bridgehead atoms. The van der Waals surface area contributed by atoms with E-state index < -0.39 is 0 Å². The van der Waals surface area contributed by atoms with Crippen LogP contribution in [0.3, 0.4) is 0 Å². The van der Waals surface area contributed by atoms with Crippen LogP contribution < -0.4 is 10.2 Å². The van der Waals surface area contributed by atoms with Crippen molar-refractivity contribution in [2.24, 2.45) is 0 Å². The summed E-state index contributed by atoms with van der Waals surface area (Å²) in [6.07, 6.45) is 11.0. The first-order chi connectivity index (χ1) is 14.3. The third-order valence-corrected chi connectivity index (χ3v) is 8.23. The summed E-state index contributed by atoms with van der Waals surface area (Å²) in [4.78, 5) is 13.3. The lowest BCUT2D eigenvalue weighted by Gasteiger charge is -2.42. The average Bonchev–Trinajstić information content (AvgIpc) is 3.24. The smallest absolute Gasteiger partial charge is 0.141 e. The Labute approximate surface area is 176 Å². The molecule has 29 heavy (non-hydrogen) atoms. The van der Waals surface area contributed by atoms with Crippen molar-refractivity contribution >= 4 is 27.4 Å². The largest absolute Gasteiger partial charge is 0.350 e. The van der Waals surface area contributed by atoms with Crippen LogP contribution in [0, 0.1) is 6.92 Å². The summed E-state index contributed by atoms with van der Waals surface area (Å²) in [7, 11) is 0. The molecule has 6 rings (SSSR count). The maximum Gasteiger partial charge on any atom is 0.141 e. The van der Waals surface area contributed by atoms with Gasteiger partial charge in [-0.05, 0) is 56.6 Å². The summed E-state index contributed by atoms with van der Waals surface area (Å²) in [6, 6.07) is 11.4. The molecule has 0 radical (unpaired) electrons. The normalized spacial score (nSPS) is 26.8. The number of nitrogens with one attached hydrogen (secondary N) is 1. The standard InChI is InChI=1S/C24H28N4S/c1-15-5-2-3-8-20(15)21-13-29-24-22(21)23(25-14-26-24)28-18-9-10-19(28)12-17(11-18)27-16-6-4-7-16/h2-3,5,8,13-14,16-19,27H,4,6-7,9-12H2,1H3. The molecule has 2 unspecified atom stereocenters. The zero-order valence-corrected chi connectivity index (χ0v) is 17.8. The van der Waals surface area contributed by atoms with Crippen LogP contribution in [0.25, 0.3) is 21.3 Å². The summed E-state index contributed by atoms with van der Waals surface area (Å²) in [5.74, 6) is 1.17. The second kappa shape index (κ2) is 7.06. The Morgan fingerprint density at radius 2 is 1.76 bits per heavy atom. The Balaban J connectivity index is 1.38. The van der Waals surface area contributed by atoms with Crippen molar-refractivity contribution < 1.29 is 0 Å². The maximum atomic E-state index is 4.87. The number of aromatic nitrogens is 2. The molecule has 1 aliphatic carbocycles. The Bertz CT molecular complexity index is 1030. The fourth-order valence-electron chi connectivity index (χ4n) is 5.70. The van der Waals surface area contributed by atoms with Crippen molar-refractivity contribution in [3.8, 4) is 11.1 Å². The molecule has 3 aromatic rings. The number of anilines is 1. The van der Waals surface area contributed by atoms with Gasteiger partial charge in [0.05, 0.1) is 5.39 Å². The van der Waals surface area contributed by atoms with E-state index in [0.717, 1.165) is 10.9 Å². The van der Waals surface area contributed by atoms with E-state index in [0.29, 0.717) is 18.1 Å².